The Labute approximate surface area is 118 Å². The van der Waals surface area contributed by atoms with Crippen molar-refractivity contribution < 1.29 is 19.4 Å². The molecule has 0 aliphatic rings. The highest BCUT2D eigenvalue weighted by molar-refractivity contribution is 5.80. The molecule has 0 aliphatic carbocycles. The van der Waals surface area contributed by atoms with Crippen LogP contribution in [0.15, 0.2) is 30.3 Å². The van der Waals surface area contributed by atoms with Gasteiger partial charge >= 0.3 is 12.1 Å². The van der Waals surface area contributed by atoms with Crippen molar-refractivity contribution in [3.05, 3.63) is 35.9 Å². The summed E-state index contributed by atoms with van der Waals surface area (Å²) in [7, 11) is 0. The fraction of sp³-hybridized carbons (Fsp3) is 0.467. The van der Waals surface area contributed by atoms with Crippen LogP contribution in [-0.4, -0.2) is 28.8 Å². The van der Waals surface area contributed by atoms with Crippen LogP contribution in [0.2, 0.25) is 0 Å². The monoisotopic (exact) mass is 279 g/mol. The minimum atomic E-state index is -1.06. The number of benzene rings is 1. The molecule has 0 aromatic heterocycles. The van der Waals surface area contributed by atoms with Gasteiger partial charge in [-0.15, -0.1) is 0 Å². The standard InChI is InChI=1S/C15H21NO4/c1-15(2,3)20-14(19)16-12(13(17)18)10-9-11-7-5-4-6-8-11/h4-8,12H,9-10H2,1-3H3,(H,16,19)(H,17,18). The molecule has 1 unspecified atom stereocenters. The van der Waals surface area contributed by atoms with E-state index in [2.05, 4.69) is 5.32 Å². The number of rotatable bonds is 5. The number of alkyl carbamates (subject to hydrolysis) is 1. The number of aryl methyl sites for hydroxylation is 1. The van der Waals surface area contributed by atoms with Crippen LogP contribution in [-0.2, 0) is 16.0 Å². The van der Waals surface area contributed by atoms with Gasteiger partial charge in [-0.3, -0.25) is 0 Å². The van der Waals surface area contributed by atoms with Crippen LogP contribution in [0.5, 0.6) is 0 Å². The molecule has 5 nitrogen and oxygen atoms in total. The fourth-order valence-corrected chi connectivity index (χ4v) is 1.66. The Bertz CT molecular complexity index is 451. The van der Waals surface area contributed by atoms with E-state index in [-0.39, 0.29) is 0 Å². The van der Waals surface area contributed by atoms with Crippen molar-refractivity contribution in [3.63, 3.8) is 0 Å². The van der Waals surface area contributed by atoms with Crippen molar-refractivity contribution in [1.82, 2.24) is 5.32 Å². The van der Waals surface area contributed by atoms with Gasteiger partial charge in [0.05, 0.1) is 0 Å². The smallest absolute Gasteiger partial charge is 0.408 e. The number of ether oxygens (including phenoxy) is 1. The highest BCUT2D eigenvalue weighted by Gasteiger charge is 2.23. The maximum absolute atomic E-state index is 11.6. The van der Waals surface area contributed by atoms with Crippen molar-refractivity contribution in [2.45, 2.75) is 45.3 Å². The van der Waals surface area contributed by atoms with Gasteiger partial charge in [-0.2, -0.15) is 0 Å². The van der Waals surface area contributed by atoms with Crippen LogP contribution >= 0.6 is 0 Å². The average molecular weight is 279 g/mol. The number of nitrogens with one attached hydrogen (secondary N) is 1. The molecule has 1 rings (SSSR count). The summed E-state index contributed by atoms with van der Waals surface area (Å²) in [4.78, 5) is 22.7. The summed E-state index contributed by atoms with van der Waals surface area (Å²) in [5.41, 5.74) is 0.386. The van der Waals surface area contributed by atoms with E-state index in [4.69, 9.17) is 9.84 Å². The lowest BCUT2D eigenvalue weighted by molar-refractivity contribution is -0.139. The Morgan fingerprint density at radius 1 is 1.25 bits per heavy atom. The third kappa shape index (κ3) is 6.22. The number of hydrogen-bond acceptors (Lipinski definition) is 3. The second-order valence-corrected chi connectivity index (χ2v) is 5.56. The molecule has 0 fully saturated rings. The van der Waals surface area contributed by atoms with Gasteiger partial charge in [0.1, 0.15) is 11.6 Å². The lowest BCUT2D eigenvalue weighted by Crippen LogP contribution is -2.43. The highest BCUT2D eigenvalue weighted by Crippen LogP contribution is 2.09. The van der Waals surface area contributed by atoms with Crippen molar-refractivity contribution in [2.24, 2.45) is 0 Å². The minimum absolute atomic E-state index is 0.318. The van der Waals surface area contributed by atoms with Gasteiger partial charge in [0.15, 0.2) is 0 Å². The third-order valence-electron chi connectivity index (χ3n) is 2.55. The zero-order valence-electron chi connectivity index (χ0n) is 12.1. The van der Waals surface area contributed by atoms with Gasteiger partial charge in [0, 0.05) is 0 Å². The minimum Gasteiger partial charge on any atom is -0.480 e. The quantitative estimate of drug-likeness (QED) is 0.868. The fourth-order valence-electron chi connectivity index (χ4n) is 1.66. The Kier molecular flexibility index (Phi) is 5.55. The SMILES string of the molecule is CC(C)(C)OC(=O)NC(CCc1ccccc1)C(=O)O. The van der Waals surface area contributed by atoms with E-state index in [1.54, 1.807) is 20.8 Å². The molecule has 0 saturated heterocycles. The Morgan fingerprint density at radius 3 is 2.35 bits per heavy atom. The molecule has 0 radical (unpaired) electrons. The van der Waals surface area contributed by atoms with Crippen LogP contribution < -0.4 is 5.32 Å². The van der Waals surface area contributed by atoms with Gasteiger partial charge in [0.2, 0.25) is 0 Å². The number of aliphatic carboxylic acids is 1. The van der Waals surface area contributed by atoms with E-state index >= 15 is 0 Å². The predicted octanol–water partition coefficient (Wildman–Crippen LogP) is 2.60. The van der Waals surface area contributed by atoms with Crippen molar-refractivity contribution in [2.75, 3.05) is 0 Å². The molecule has 0 spiro atoms. The number of carboxylic acids is 1. The normalized spacial score (nSPS) is 12.6. The average Bonchev–Trinajstić information content (AvgIpc) is 2.33. The van der Waals surface area contributed by atoms with E-state index in [1.165, 1.54) is 0 Å². The summed E-state index contributed by atoms with van der Waals surface area (Å²) in [5.74, 6) is -1.06. The lowest BCUT2D eigenvalue weighted by atomic mass is 10.1. The molecule has 0 bridgehead atoms. The van der Waals surface area contributed by atoms with E-state index in [9.17, 15) is 9.59 Å². The molecule has 0 saturated carbocycles. The summed E-state index contributed by atoms with van der Waals surface area (Å²) in [5, 5.41) is 11.5. The van der Waals surface area contributed by atoms with E-state index in [0.29, 0.717) is 12.8 Å². The molecule has 1 aromatic rings. The van der Waals surface area contributed by atoms with Gasteiger partial charge < -0.3 is 15.2 Å². The van der Waals surface area contributed by atoms with Gasteiger partial charge in [-0.25, -0.2) is 9.59 Å². The molecule has 20 heavy (non-hydrogen) atoms. The first kappa shape index (κ1) is 16.0. The summed E-state index contributed by atoms with van der Waals surface area (Å²) < 4.78 is 5.06. The summed E-state index contributed by atoms with van der Waals surface area (Å²) >= 11 is 0. The third-order valence-corrected chi connectivity index (χ3v) is 2.55. The zero-order chi connectivity index (χ0) is 15.2. The van der Waals surface area contributed by atoms with Gasteiger partial charge in [-0.1, -0.05) is 30.3 Å². The van der Waals surface area contributed by atoms with Crippen molar-refractivity contribution in [3.8, 4) is 0 Å². The van der Waals surface area contributed by atoms with E-state index < -0.39 is 23.7 Å². The summed E-state index contributed by atoms with van der Waals surface area (Å²) in [6, 6.07) is 8.58. The lowest BCUT2D eigenvalue weighted by Gasteiger charge is -2.22. The van der Waals surface area contributed by atoms with Gasteiger partial charge in [-0.05, 0) is 39.2 Å². The maximum atomic E-state index is 11.6. The van der Waals surface area contributed by atoms with Crippen molar-refractivity contribution >= 4 is 12.1 Å². The van der Waals surface area contributed by atoms with Crippen LogP contribution in [0.25, 0.3) is 0 Å². The highest BCUT2D eigenvalue weighted by atomic mass is 16.6. The number of hydrogen-bond donors (Lipinski definition) is 2. The first-order valence-electron chi connectivity index (χ1n) is 6.54. The molecular weight excluding hydrogens is 258 g/mol. The molecule has 0 aliphatic heterocycles. The Hall–Kier alpha value is -2.04. The summed E-state index contributed by atoms with van der Waals surface area (Å²) in [6.45, 7) is 5.19. The predicted molar refractivity (Wildman–Crippen MR) is 75.6 cm³/mol. The molecule has 1 atom stereocenters. The number of carboxylic acid groups (broad SMARTS) is 1. The second-order valence-electron chi connectivity index (χ2n) is 5.56. The topological polar surface area (TPSA) is 75.6 Å². The van der Waals surface area contributed by atoms with Crippen molar-refractivity contribution in [1.29, 1.82) is 0 Å². The van der Waals surface area contributed by atoms with E-state index in [1.807, 2.05) is 30.3 Å². The summed E-state index contributed by atoms with van der Waals surface area (Å²) in [6.07, 6.45) is 0.185. The second kappa shape index (κ2) is 6.93. The van der Waals surface area contributed by atoms with Crippen LogP contribution in [0.3, 0.4) is 0 Å². The first-order valence-corrected chi connectivity index (χ1v) is 6.54. The zero-order valence-corrected chi connectivity index (χ0v) is 12.1. The largest absolute Gasteiger partial charge is 0.480 e. The molecular formula is C15H21NO4. The number of amides is 1. The molecule has 110 valence electrons. The molecule has 2 N–H and O–H groups in total. The molecule has 5 heteroatoms. The first-order chi connectivity index (χ1) is 9.28. The van der Waals surface area contributed by atoms with Crippen LogP contribution in [0.4, 0.5) is 4.79 Å². The van der Waals surface area contributed by atoms with E-state index in [0.717, 1.165) is 5.56 Å². The van der Waals surface area contributed by atoms with Gasteiger partial charge in [0.25, 0.3) is 0 Å². The number of carbonyl (C=O) groups excluding carboxylic acids is 1. The molecule has 1 aromatic carbocycles. The molecule has 0 heterocycles. The number of carbonyl (C=O) groups is 2. The Morgan fingerprint density at radius 2 is 1.85 bits per heavy atom. The van der Waals surface area contributed by atoms with Crippen LogP contribution in [0, 0.1) is 0 Å². The maximum Gasteiger partial charge on any atom is 0.408 e. The molecule has 1 amide bonds. The Balaban J connectivity index is 2.53. The van der Waals surface area contributed by atoms with Crippen LogP contribution in [0.1, 0.15) is 32.8 Å².